The van der Waals surface area contributed by atoms with E-state index in [1.54, 1.807) is 11.3 Å². The highest BCUT2D eigenvalue weighted by molar-refractivity contribution is 7.12. The molecule has 0 aliphatic heterocycles. The van der Waals surface area contributed by atoms with E-state index in [2.05, 4.69) is 18.3 Å². The van der Waals surface area contributed by atoms with Gasteiger partial charge in [0.15, 0.2) is 0 Å². The van der Waals surface area contributed by atoms with Crippen LogP contribution in [-0.4, -0.2) is 23.5 Å². The first-order valence-corrected chi connectivity index (χ1v) is 8.54. The quantitative estimate of drug-likeness (QED) is 0.866. The van der Waals surface area contributed by atoms with Crippen LogP contribution in [0.3, 0.4) is 0 Å². The van der Waals surface area contributed by atoms with Crippen LogP contribution in [0, 0.1) is 19.8 Å². The van der Waals surface area contributed by atoms with Gasteiger partial charge in [0.1, 0.15) is 5.60 Å². The maximum Gasteiger partial charge on any atom is 0.309 e. The summed E-state index contributed by atoms with van der Waals surface area (Å²) in [5.41, 5.74) is 0.734. The Morgan fingerprint density at radius 3 is 2.45 bits per heavy atom. The van der Waals surface area contributed by atoms with Crippen molar-refractivity contribution in [2.75, 3.05) is 0 Å². The standard InChI is InChI=1S/C17H25NO3S/c1-10-6-11(2)22-14(10)9-15(19)18-13-7-12(8-13)16(20)21-17(3,4)5/h6,12-13H,7-9H2,1-5H3,(H,18,19). The average Bonchev–Trinajstić information content (AvgIpc) is 2.59. The third kappa shape index (κ3) is 4.57. The van der Waals surface area contributed by atoms with E-state index < -0.39 is 5.60 Å². The molecule has 5 heteroatoms. The van der Waals surface area contributed by atoms with Crippen LogP contribution < -0.4 is 5.32 Å². The first-order valence-electron chi connectivity index (χ1n) is 7.72. The van der Waals surface area contributed by atoms with Crippen molar-refractivity contribution in [3.05, 3.63) is 21.4 Å². The van der Waals surface area contributed by atoms with Gasteiger partial charge in [-0.15, -0.1) is 11.3 Å². The molecule has 1 aliphatic rings. The van der Waals surface area contributed by atoms with Gasteiger partial charge in [0.25, 0.3) is 0 Å². The van der Waals surface area contributed by atoms with E-state index in [1.807, 2.05) is 27.7 Å². The van der Waals surface area contributed by atoms with E-state index in [4.69, 9.17) is 4.74 Å². The lowest BCUT2D eigenvalue weighted by atomic mass is 9.80. The SMILES string of the molecule is Cc1cc(C)c(CC(=O)NC2CC(C(=O)OC(C)(C)C)C2)s1. The number of nitrogens with one attached hydrogen (secondary N) is 1. The maximum absolute atomic E-state index is 12.1. The molecule has 122 valence electrons. The van der Waals surface area contributed by atoms with Crippen molar-refractivity contribution in [2.45, 2.75) is 65.5 Å². The molecule has 2 rings (SSSR count). The lowest BCUT2D eigenvalue weighted by molar-refractivity contribution is -0.164. The minimum atomic E-state index is -0.444. The second kappa shape index (κ2) is 6.41. The molecule has 1 heterocycles. The number of carbonyl (C=O) groups excluding carboxylic acids is 2. The van der Waals surface area contributed by atoms with Gasteiger partial charge >= 0.3 is 5.97 Å². The maximum atomic E-state index is 12.1. The van der Waals surface area contributed by atoms with Gasteiger partial charge < -0.3 is 10.1 Å². The number of esters is 1. The number of aryl methyl sites for hydroxylation is 2. The molecule has 0 radical (unpaired) electrons. The van der Waals surface area contributed by atoms with Crippen LogP contribution in [0.25, 0.3) is 0 Å². The highest BCUT2D eigenvalue weighted by atomic mass is 32.1. The van der Waals surface area contributed by atoms with Crippen molar-refractivity contribution in [3.8, 4) is 0 Å². The van der Waals surface area contributed by atoms with Crippen LogP contribution in [0.15, 0.2) is 6.07 Å². The fourth-order valence-corrected chi connectivity index (χ4v) is 3.65. The van der Waals surface area contributed by atoms with Gasteiger partial charge in [0, 0.05) is 15.8 Å². The van der Waals surface area contributed by atoms with Crippen molar-refractivity contribution >= 4 is 23.2 Å². The van der Waals surface area contributed by atoms with Crippen molar-refractivity contribution in [1.29, 1.82) is 0 Å². The number of thiophene rings is 1. The van der Waals surface area contributed by atoms with Crippen LogP contribution in [-0.2, 0) is 20.7 Å². The molecule has 1 saturated carbocycles. The Hall–Kier alpha value is -1.36. The van der Waals surface area contributed by atoms with Gasteiger partial charge in [-0.3, -0.25) is 9.59 Å². The molecule has 0 saturated heterocycles. The second-order valence-corrected chi connectivity index (χ2v) is 8.45. The summed E-state index contributed by atoms with van der Waals surface area (Å²) < 4.78 is 5.36. The number of hydrogen-bond donors (Lipinski definition) is 1. The molecule has 4 nitrogen and oxygen atoms in total. The molecule has 0 bridgehead atoms. The van der Waals surface area contributed by atoms with Crippen molar-refractivity contribution in [3.63, 3.8) is 0 Å². The zero-order valence-corrected chi connectivity index (χ0v) is 14.8. The van der Waals surface area contributed by atoms with Gasteiger partial charge in [0.05, 0.1) is 12.3 Å². The summed E-state index contributed by atoms with van der Waals surface area (Å²) in [6, 6.07) is 2.21. The van der Waals surface area contributed by atoms with E-state index in [-0.39, 0.29) is 23.8 Å². The molecule has 22 heavy (non-hydrogen) atoms. The Morgan fingerprint density at radius 1 is 1.32 bits per heavy atom. The Bertz CT molecular complexity index is 565. The van der Waals surface area contributed by atoms with E-state index in [0.717, 1.165) is 4.88 Å². The van der Waals surface area contributed by atoms with E-state index in [0.29, 0.717) is 19.3 Å². The Balaban J connectivity index is 1.74. The van der Waals surface area contributed by atoms with Gasteiger partial charge in [-0.2, -0.15) is 0 Å². The molecular formula is C17H25NO3S. The van der Waals surface area contributed by atoms with E-state index in [1.165, 1.54) is 10.4 Å². The smallest absolute Gasteiger partial charge is 0.309 e. The molecule has 0 unspecified atom stereocenters. The highest BCUT2D eigenvalue weighted by Gasteiger charge is 2.37. The monoisotopic (exact) mass is 323 g/mol. The van der Waals surface area contributed by atoms with Crippen LogP contribution in [0.1, 0.15) is 48.9 Å². The first-order chi connectivity index (χ1) is 10.1. The Morgan fingerprint density at radius 2 is 1.95 bits per heavy atom. The lowest BCUT2D eigenvalue weighted by Gasteiger charge is -2.35. The molecule has 1 amide bonds. The predicted octanol–water partition coefficient (Wildman–Crippen LogP) is 3.14. The molecule has 0 spiro atoms. The largest absolute Gasteiger partial charge is 0.460 e. The summed E-state index contributed by atoms with van der Waals surface area (Å²) in [5.74, 6) is -0.185. The van der Waals surface area contributed by atoms with Gasteiger partial charge in [0.2, 0.25) is 5.91 Å². The summed E-state index contributed by atoms with van der Waals surface area (Å²) in [6.07, 6.45) is 1.80. The van der Waals surface area contributed by atoms with Crippen LogP contribution in [0.4, 0.5) is 0 Å². The van der Waals surface area contributed by atoms with Gasteiger partial charge in [-0.1, -0.05) is 0 Å². The molecule has 1 aromatic rings. The van der Waals surface area contributed by atoms with Crippen molar-refractivity contribution in [2.24, 2.45) is 5.92 Å². The van der Waals surface area contributed by atoms with E-state index >= 15 is 0 Å². The molecule has 1 aromatic heterocycles. The molecule has 0 atom stereocenters. The number of carbonyl (C=O) groups is 2. The predicted molar refractivity (Wildman–Crippen MR) is 88.0 cm³/mol. The summed E-state index contributed by atoms with van der Waals surface area (Å²) in [4.78, 5) is 26.3. The summed E-state index contributed by atoms with van der Waals surface area (Å²) in [6.45, 7) is 9.70. The summed E-state index contributed by atoms with van der Waals surface area (Å²) >= 11 is 1.67. The Labute approximate surface area is 136 Å². The highest BCUT2D eigenvalue weighted by Crippen LogP contribution is 2.30. The zero-order chi connectivity index (χ0) is 16.5. The summed E-state index contributed by atoms with van der Waals surface area (Å²) in [7, 11) is 0. The van der Waals surface area contributed by atoms with Gasteiger partial charge in [-0.25, -0.2) is 0 Å². The minimum Gasteiger partial charge on any atom is -0.460 e. The molecule has 1 fully saturated rings. The van der Waals surface area contributed by atoms with Gasteiger partial charge in [-0.05, 0) is 59.1 Å². The molecule has 1 aliphatic carbocycles. The Kier molecular flexibility index (Phi) is 4.95. The lowest BCUT2D eigenvalue weighted by Crippen LogP contribution is -2.48. The summed E-state index contributed by atoms with van der Waals surface area (Å²) in [5, 5.41) is 3.01. The molecule has 0 aromatic carbocycles. The molecule has 1 N–H and O–H groups in total. The van der Waals surface area contributed by atoms with E-state index in [9.17, 15) is 9.59 Å². The second-order valence-electron chi connectivity index (χ2n) is 7.11. The zero-order valence-electron chi connectivity index (χ0n) is 14.0. The van der Waals surface area contributed by atoms with Crippen molar-refractivity contribution < 1.29 is 14.3 Å². The van der Waals surface area contributed by atoms with Crippen molar-refractivity contribution in [1.82, 2.24) is 5.32 Å². The molecular weight excluding hydrogens is 298 g/mol. The normalized spacial score (nSPS) is 21.1. The van der Waals surface area contributed by atoms with Crippen LogP contribution in [0.2, 0.25) is 0 Å². The third-order valence-corrected chi connectivity index (χ3v) is 4.86. The number of ether oxygens (including phenoxy) is 1. The minimum absolute atomic E-state index is 0.0394. The van der Waals surface area contributed by atoms with Crippen LogP contribution in [0.5, 0.6) is 0 Å². The first kappa shape index (κ1) is 17.0. The number of rotatable bonds is 4. The fraction of sp³-hybridized carbons (Fsp3) is 0.647. The average molecular weight is 323 g/mol. The van der Waals surface area contributed by atoms with Crippen LogP contribution >= 0.6 is 11.3 Å². The fourth-order valence-electron chi connectivity index (χ4n) is 2.60. The topological polar surface area (TPSA) is 55.4 Å². The number of hydrogen-bond acceptors (Lipinski definition) is 4. The number of amides is 1. The third-order valence-electron chi connectivity index (χ3n) is 3.71.